The zero-order chi connectivity index (χ0) is 20.2. The molecular formula is C21H31Cl2N3O3S. The number of rotatable bonds is 7. The van der Waals surface area contributed by atoms with E-state index < -0.39 is 10.0 Å². The molecule has 3 rings (SSSR count). The lowest BCUT2D eigenvalue weighted by Gasteiger charge is -2.40. The number of primary sulfonamides is 1. The van der Waals surface area contributed by atoms with Crippen molar-refractivity contribution in [2.45, 2.75) is 48.6 Å². The largest absolute Gasteiger partial charge is 0.497 e. The van der Waals surface area contributed by atoms with E-state index in [4.69, 9.17) is 15.6 Å². The number of hydrogen-bond donors (Lipinski definition) is 3. The second-order valence-corrected chi connectivity index (χ2v) is 9.12. The lowest BCUT2D eigenvalue weighted by atomic mass is 9.68. The van der Waals surface area contributed by atoms with Crippen molar-refractivity contribution < 1.29 is 13.2 Å². The van der Waals surface area contributed by atoms with Gasteiger partial charge in [0.2, 0.25) is 10.0 Å². The van der Waals surface area contributed by atoms with Crippen molar-refractivity contribution in [3.8, 4) is 5.75 Å². The molecule has 9 heteroatoms. The van der Waals surface area contributed by atoms with Crippen molar-refractivity contribution in [2.24, 2.45) is 10.9 Å². The first-order chi connectivity index (χ1) is 13.4. The van der Waals surface area contributed by atoms with Crippen LogP contribution < -0.4 is 20.9 Å². The third-order valence-corrected chi connectivity index (χ3v) is 6.79. The second-order valence-electron chi connectivity index (χ2n) is 7.56. The number of halogens is 2. The van der Waals surface area contributed by atoms with Crippen LogP contribution in [-0.2, 0) is 22.0 Å². The lowest BCUT2D eigenvalue weighted by molar-refractivity contribution is 0.250. The molecule has 0 heterocycles. The Bertz CT molecular complexity index is 900. The van der Waals surface area contributed by atoms with Gasteiger partial charge in [-0.25, -0.2) is 13.6 Å². The molecule has 6 nitrogen and oxygen atoms in total. The summed E-state index contributed by atoms with van der Waals surface area (Å²) in [6.45, 7) is 1.33. The molecule has 2 aromatic rings. The molecule has 30 heavy (non-hydrogen) atoms. The van der Waals surface area contributed by atoms with Crippen LogP contribution in [0.4, 0.5) is 0 Å². The van der Waals surface area contributed by atoms with Crippen molar-refractivity contribution >= 4 is 34.8 Å². The van der Waals surface area contributed by atoms with E-state index in [1.807, 2.05) is 12.1 Å². The maximum atomic E-state index is 11.3. The number of methoxy groups -OCH3 is 1. The molecule has 0 atom stereocenters. The first kappa shape index (κ1) is 26.7. The molecule has 0 radical (unpaired) electrons. The normalized spacial score (nSPS) is 21.2. The van der Waals surface area contributed by atoms with Crippen molar-refractivity contribution in [2.75, 3.05) is 13.7 Å². The first-order valence-corrected chi connectivity index (χ1v) is 11.1. The molecule has 2 aromatic carbocycles. The van der Waals surface area contributed by atoms with Crippen molar-refractivity contribution in [3.05, 3.63) is 59.7 Å². The molecule has 0 saturated heterocycles. The number of sulfonamides is 1. The van der Waals surface area contributed by atoms with E-state index in [1.54, 1.807) is 31.4 Å². The number of nitrogens with one attached hydrogen (secondary N) is 1. The second kappa shape index (κ2) is 11.3. The quantitative estimate of drug-likeness (QED) is 0.569. The molecule has 0 bridgehead atoms. The third-order valence-electron chi connectivity index (χ3n) is 5.86. The van der Waals surface area contributed by atoms with Crippen LogP contribution in [0.2, 0.25) is 0 Å². The highest BCUT2D eigenvalue weighted by atomic mass is 35.5. The van der Waals surface area contributed by atoms with Gasteiger partial charge in [-0.3, -0.25) is 0 Å². The fourth-order valence-corrected chi connectivity index (χ4v) is 4.51. The zero-order valence-corrected chi connectivity index (χ0v) is 19.5. The number of benzene rings is 2. The van der Waals surface area contributed by atoms with E-state index in [2.05, 4.69) is 17.4 Å². The highest BCUT2D eigenvalue weighted by Gasteiger charge is 2.35. The Kier molecular flexibility index (Phi) is 10.1. The molecule has 0 amide bonds. The molecule has 1 fully saturated rings. The molecule has 0 aromatic heterocycles. The van der Waals surface area contributed by atoms with Gasteiger partial charge in [0.05, 0.1) is 12.0 Å². The summed E-state index contributed by atoms with van der Waals surface area (Å²) >= 11 is 0. The maximum absolute atomic E-state index is 11.3. The van der Waals surface area contributed by atoms with Gasteiger partial charge in [0.25, 0.3) is 0 Å². The van der Waals surface area contributed by atoms with Crippen LogP contribution in [0.1, 0.15) is 36.8 Å². The fraction of sp³-hybridized carbons (Fsp3) is 0.429. The minimum Gasteiger partial charge on any atom is -0.497 e. The summed E-state index contributed by atoms with van der Waals surface area (Å²) in [7, 11) is -1.96. The molecule has 168 valence electrons. The van der Waals surface area contributed by atoms with Crippen LogP contribution in [0.3, 0.4) is 0 Å². The standard InChI is InChI=1S/C21H29N3O3S.2ClH/c1-27-19-4-2-3-17(13-19)21(15-22)11-9-18(10-12-21)24-14-16-5-7-20(8-6-16)28(23,25)26;;/h2-8,13,18,24H,9-12,14-15,22H2,1H3,(H2,23,25,26);2*1H. The van der Waals surface area contributed by atoms with Crippen LogP contribution in [0, 0.1) is 0 Å². The van der Waals surface area contributed by atoms with Gasteiger partial charge in [-0.15, -0.1) is 24.8 Å². The van der Waals surface area contributed by atoms with Gasteiger partial charge in [0.1, 0.15) is 5.75 Å². The smallest absolute Gasteiger partial charge is 0.238 e. The van der Waals surface area contributed by atoms with Crippen LogP contribution in [0.25, 0.3) is 0 Å². The maximum Gasteiger partial charge on any atom is 0.238 e. The Balaban J connectivity index is 0.00000225. The van der Waals surface area contributed by atoms with E-state index >= 15 is 0 Å². The Labute approximate surface area is 191 Å². The summed E-state index contributed by atoms with van der Waals surface area (Å²) in [5.74, 6) is 0.869. The minimum atomic E-state index is -3.64. The molecule has 5 N–H and O–H groups in total. The predicted molar refractivity (Wildman–Crippen MR) is 125 cm³/mol. The average molecular weight is 476 g/mol. The first-order valence-electron chi connectivity index (χ1n) is 9.56. The van der Waals surface area contributed by atoms with E-state index in [1.165, 1.54) is 5.56 Å². The summed E-state index contributed by atoms with van der Waals surface area (Å²) < 4.78 is 28.1. The van der Waals surface area contributed by atoms with Gasteiger partial charge in [-0.2, -0.15) is 0 Å². The molecule has 1 aliphatic rings. The minimum absolute atomic E-state index is 0. The van der Waals surface area contributed by atoms with Crippen molar-refractivity contribution in [3.63, 3.8) is 0 Å². The Morgan fingerprint density at radius 1 is 1.10 bits per heavy atom. The summed E-state index contributed by atoms with van der Waals surface area (Å²) in [6, 6.07) is 15.4. The summed E-state index contributed by atoms with van der Waals surface area (Å²) in [5.41, 5.74) is 8.50. The highest BCUT2D eigenvalue weighted by Crippen LogP contribution is 2.39. The zero-order valence-electron chi connectivity index (χ0n) is 17.0. The van der Waals surface area contributed by atoms with E-state index in [9.17, 15) is 8.42 Å². The topological polar surface area (TPSA) is 107 Å². The van der Waals surface area contributed by atoms with E-state index in [0.717, 1.165) is 37.0 Å². The Morgan fingerprint density at radius 3 is 2.27 bits per heavy atom. The molecular weight excluding hydrogens is 445 g/mol. The molecule has 0 unspecified atom stereocenters. The van der Waals surface area contributed by atoms with E-state index in [0.29, 0.717) is 19.1 Å². The number of nitrogens with two attached hydrogens (primary N) is 2. The molecule has 0 spiro atoms. The number of ether oxygens (including phenoxy) is 1. The number of hydrogen-bond acceptors (Lipinski definition) is 5. The molecule has 0 aliphatic heterocycles. The Hall–Kier alpha value is -1.35. The van der Waals surface area contributed by atoms with Gasteiger partial charge in [0, 0.05) is 24.5 Å². The van der Waals surface area contributed by atoms with Crippen molar-refractivity contribution in [1.82, 2.24) is 5.32 Å². The third kappa shape index (κ3) is 6.33. The Morgan fingerprint density at radius 2 is 1.73 bits per heavy atom. The average Bonchev–Trinajstić information content (AvgIpc) is 2.72. The monoisotopic (exact) mass is 475 g/mol. The molecule has 1 saturated carbocycles. The van der Waals surface area contributed by atoms with Gasteiger partial charge < -0.3 is 15.8 Å². The van der Waals surface area contributed by atoms with Crippen LogP contribution in [0.15, 0.2) is 53.4 Å². The summed E-state index contributed by atoms with van der Waals surface area (Å²) in [6.07, 6.45) is 4.14. The lowest BCUT2D eigenvalue weighted by Crippen LogP contribution is -2.43. The van der Waals surface area contributed by atoms with Crippen LogP contribution >= 0.6 is 24.8 Å². The summed E-state index contributed by atoms with van der Waals surface area (Å²) in [4.78, 5) is 0.139. The van der Waals surface area contributed by atoms with Gasteiger partial charge in [-0.05, 0) is 61.1 Å². The van der Waals surface area contributed by atoms with Crippen molar-refractivity contribution in [1.29, 1.82) is 0 Å². The van der Waals surface area contributed by atoms with Gasteiger partial charge in [-0.1, -0.05) is 24.3 Å². The van der Waals surface area contributed by atoms with E-state index in [-0.39, 0.29) is 35.1 Å². The predicted octanol–water partition coefficient (Wildman–Crippen LogP) is 3.12. The SMILES string of the molecule is COc1cccc(C2(CN)CCC(NCc3ccc(S(N)(=O)=O)cc3)CC2)c1.Cl.Cl. The highest BCUT2D eigenvalue weighted by molar-refractivity contribution is 7.89. The van der Waals surface area contributed by atoms with Crippen LogP contribution in [0.5, 0.6) is 5.75 Å². The van der Waals surface area contributed by atoms with Gasteiger partial charge >= 0.3 is 0 Å². The fourth-order valence-electron chi connectivity index (χ4n) is 4.00. The summed E-state index contributed by atoms with van der Waals surface area (Å²) in [5, 5.41) is 8.73. The molecule has 1 aliphatic carbocycles. The van der Waals surface area contributed by atoms with Gasteiger partial charge in [0.15, 0.2) is 0 Å². The van der Waals surface area contributed by atoms with Crippen LogP contribution in [-0.4, -0.2) is 28.1 Å².